The lowest BCUT2D eigenvalue weighted by Crippen LogP contribution is -2.42. The zero-order valence-electron chi connectivity index (χ0n) is 13.3. The molecule has 1 fully saturated rings. The van der Waals surface area contributed by atoms with Gasteiger partial charge in [-0.1, -0.05) is 36.4 Å². The minimum Gasteiger partial charge on any atom is -0.371 e. The van der Waals surface area contributed by atoms with E-state index in [1.165, 1.54) is 16.4 Å². The average Bonchev–Trinajstić information content (AvgIpc) is 2.62. The summed E-state index contributed by atoms with van der Waals surface area (Å²) in [5.41, 5.74) is 2.22. The Morgan fingerprint density at radius 2 is 1.88 bits per heavy atom. The van der Waals surface area contributed by atoms with Gasteiger partial charge in [0.05, 0.1) is 23.2 Å². The molecule has 1 unspecified atom stereocenters. The first-order valence-electron chi connectivity index (χ1n) is 7.70. The molecular formula is C18H18N2O3S. The summed E-state index contributed by atoms with van der Waals surface area (Å²) in [6, 6.07) is 16.1. The summed E-state index contributed by atoms with van der Waals surface area (Å²) in [6.07, 6.45) is -0.302. The molecule has 124 valence electrons. The molecule has 0 spiro atoms. The average molecular weight is 342 g/mol. The molecule has 0 aliphatic carbocycles. The number of hydrogen-bond acceptors (Lipinski definition) is 4. The van der Waals surface area contributed by atoms with Crippen molar-refractivity contribution in [1.29, 1.82) is 5.26 Å². The second kappa shape index (κ2) is 6.73. The van der Waals surface area contributed by atoms with Crippen LogP contribution in [0.15, 0.2) is 53.4 Å². The quantitative estimate of drug-likeness (QED) is 0.860. The van der Waals surface area contributed by atoms with Crippen LogP contribution in [-0.4, -0.2) is 32.4 Å². The topological polar surface area (TPSA) is 70.4 Å². The van der Waals surface area contributed by atoms with E-state index >= 15 is 0 Å². The van der Waals surface area contributed by atoms with E-state index in [0.717, 1.165) is 11.1 Å². The van der Waals surface area contributed by atoms with Crippen LogP contribution in [0.1, 0.15) is 22.8 Å². The molecule has 2 aromatic rings. The summed E-state index contributed by atoms with van der Waals surface area (Å²) in [5.74, 6) is 0. The van der Waals surface area contributed by atoms with Gasteiger partial charge in [-0.3, -0.25) is 0 Å². The molecule has 1 saturated heterocycles. The minimum absolute atomic E-state index is 0.0536. The predicted molar refractivity (Wildman–Crippen MR) is 89.8 cm³/mol. The van der Waals surface area contributed by atoms with Gasteiger partial charge in [0.2, 0.25) is 10.0 Å². The van der Waals surface area contributed by atoms with Gasteiger partial charge < -0.3 is 4.74 Å². The maximum atomic E-state index is 12.9. The van der Waals surface area contributed by atoms with Crippen molar-refractivity contribution in [2.24, 2.45) is 0 Å². The van der Waals surface area contributed by atoms with Crippen molar-refractivity contribution in [3.8, 4) is 6.07 Å². The highest BCUT2D eigenvalue weighted by Crippen LogP contribution is 2.29. The Balaban J connectivity index is 1.92. The summed E-state index contributed by atoms with van der Waals surface area (Å²) in [6.45, 7) is 2.83. The van der Waals surface area contributed by atoms with Crippen molar-refractivity contribution in [2.75, 3.05) is 19.7 Å². The molecule has 0 radical (unpaired) electrons. The summed E-state index contributed by atoms with van der Waals surface area (Å²) in [4.78, 5) is 0.0536. The first-order chi connectivity index (χ1) is 11.5. The maximum Gasteiger partial charge on any atom is 0.244 e. The van der Waals surface area contributed by atoms with Crippen molar-refractivity contribution in [3.05, 3.63) is 65.2 Å². The van der Waals surface area contributed by atoms with Gasteiger partial charge in [0, 0.05) is 13.1 Å². The fourth-order valence-corrected chi connectivity index (χ4v) is 4.47. The molecule has 3 rings (SSSR count). The van der Waals surface area contributed by atoms with Gasteiger partial charge in [-0.25, -0.2) is 8.42 Å². The van der Waals surface area contributed by atoms with E-state index in [0.29, 0.717) is 6.61 Å². The molecule has 0 N–H and O–H groups in total. The Bertz CT molecular complexity index is 887. The number of hydrogen-bond donors (Lipinski definition) is 0. The highest BCUT2D eigenvalue weighted by atomic mass is 32.2. The number of nitriles is 1. The number of morpholine rings is 1. The summed E-state index contributed by atoms with van der Waals surface area (Å²) in [7, 11) is -3.73. The second-order valence-corrected chi connectivity index (χ2v) is 7.59. The van der Waals surface area contributed by atoms with Gasteiger partial charge in [0.15, 0.2) is 0 Å². The molecule has 2 aromatic carbocycles. The van der Waals surface area contributed by atoms with E-state index in [9.17, 15) is 13.7 Å². The van der Waals surface area contributed by atoms with E-state index in [2.05, 4.69) is 0 Å². The molecule has 1 atom stereocenters. The van der Waals surface area contributed by atoms with Gasteiger partial charge in [-0.2, -0.15) is 9.57 Å². The van der Waals surface area contributed by atoms with Crippen LogP contribution in [0.25, 0.3) is 0 Å². The second-order valence-electron chi connectivity index (χ2n) is 5.69. The number of rotatable bonds is 3. The van der Waals surface area contributed by atoms with Crippen molar-refractivity contribution < 1.29 is 13.2 Å². The smallest absolute Gasteiger partial charge is 0.244 e. The van der Waals surface area contributed by atoms with Gasteiger partial charge in [0.1, 0.15) is 6.07 Å². The Morgan fingerprint density at radius 3 is 2.62 bits per heavy atom. The highest BCUT2D eigenvalue weighted by Gasteiger charge is 2.33. The zero-order valence-corrected chi connectivity index (χ0v) is 14.2. The highest BCUT2D eigenvalue weighted by molar-refractivity contribution is 7.89. The van der Waals surface area contributed by atoms with Crippen LogP contribution in [0.2, 0.25) is 0 Å². The summed E-state index contributed by atoms with van der Waals surface area (Å²) in [5, 5.41) is 9.19. The third-order valence-electron chi connectivity index (χ3n) is 4.19. The van der Waals surface area contributed by atoms with Crippen LogP contribution in [0.4, 0.5) is 0 Å². The Hall–Kier alpha value is -2.20. The fraction of sp³-hybridized carbons (Fsp3) is 0.278. The molecule has 1 aliphatic rings. The van der Waals surface area contributed by atoms with E-state index in [-0.39, 0.29) is 29.7 Å². The standard InChI is InChI=1S/C18H18N2O3S/c1-14-6-2-4-8-16(14)17-13-20(10-11-23-17)24(21,22)18-9-5-3-7-15(18)12-19/h2-9,17H,10-11,13H2,1H3. The third kappa shape index (κ3) is 3.06. The van der Waals surface area contributed by atoms with E-state index in [1.54, 1.807) is 12.1 Å². The van der Waals surface area contributed by atoms with Crippen molar-refractivity contribution in [1.82, 2.24) is 4.31 Å². The van der Waals surface area contributed by atoms with E-state index in [1.807, 2.05) is 37.3 Å². The molecule has 0 amide bonds. The molecular weight excluding hydrogens is 324 g/mol. The fourth-order valence-electron chi connectivity index (χ4n) is 2.90. The number of benzene rings is 2. The molecule has 0 bridgehead atoms. The number of sulfonamides is 1. The van der Waals surface area contributed by atoms with Crippen LogP contribution in [0.3, 0.4) is 0 Å². The SMILES string of the molecule is Cc1ccccc1C1CN(S(=O)(=O)c2ccccc2C#N)CCO1. The largest absolute Gasteiger partial charge is 0.371 e. The summed E-state index contributed by atoms with van der Waals surface area (Å²) >= 11 is 0. The number of ether oxygens (including phenoxy) is 1. The first-order valence-corrected chi connectivity index (χ1v) is 9.14. The van der Waals surface area contributed by atoms with Gasteiger partial charge in [-0.15, -0.1) is 0 Å². The normalized spacial score (nSPS) is 18.9. The molecule has 5 nitrogen and oxygen atoms in total. The lowest BCUT2D eigenvalue weighted by molar-refractivity contribution is -0.00289. The monoisotopic (exact) mass is 342 g/mol. The Labute approximate surface area is 142 Å². The Morgan fingerprint density at radius 1 is 1.17 bits per heavy atom. The molecule has 1 aliphatic heterocycles. The lowest BCUT2D eigenvalue weighted by atomic mass is 10.0. The lowest BCUT2D eigenvalue weighted by Gasteiger charge is -2.33. The minimum atomic E-state index is -3.73. The van der Waals surface area contributed by atoms with Crippen LogP contribution in [-0.2, 0) is 14.8 Å². The summed E-state index contributed by atoms with van der Waals surface area (Å²) < 4.78 is 33.1. The molecule has 1 heterocycles. The Kier molecular flexibility index (Phi) is 4.67. The predicted octanol–water partition coefficient (Wildman–Crippen LogP) is 2.63. The number of aryl methyl sites for hydroxylation is 1. The van der Waals surface area contributed by atoms with Crippen molar-refractivity contribution in [3.63, 3.8) is 0 Å². The zero-order chi connectivity index (χ0) is 17.2. The van der Waals surface area contributed by atoms with Crippen molar-refractivity contribution in [2.45, 2.75) is 17.9 Å². The van der Waals surface area contributed by atoms with E-state index < -0.39 is 10.0 Å². The maximum absolute atomic E-state index is 12.9. The third-order valence-corrected chi connectivity index (χ3v) is 6.11. The first kappa shape index (κ1) is 16.7. The van der Waals surface area contributed by atoms with E-state index in [4.69, 9.17) is 4.74 Å². The van der Waals surface area contributed by atoms with Crippen LogP contribution in [0, 0.1) is 18.3 Å². The molecule has 24 heavy (non-hydrogen) atoms. The van der Waals surface area contributed by atoms with Gasteiger partial charge in [-0.05, 0) is 30.2 Å². The molecule has 6 heteroatoms. The van der Waals surface area contributed by atoms with Gasteiger partial charge >= 0.3 is 0 Å². The number of nitrogens with zero attached hydrogens (tertiary/aromatic N) is 2. The van der Waals surface area contributed by atoms with Crippen LogP contribution < -0.4 is 0 Å². The van der Waals surface area contributed by atoms with Gasteiger partial charge in [0.25, 0.3) is 0 Å². The van der Waals surface area contributed by atoms with Crippen LogP contribution >= 0.6 is 0 Å². The molecule has 0 aromatic heterocycles. The molecule has 0 saturated carbocycles. The van der Waals surface area contributed by atoms with Crippen LogP contribution in [0.5, 0.6) is 0 Å². The van der Waals surface area contributed by atoms with Crippen molar-refractivity contribution >= 4 is 10.0 Å².